The van der Waals surface area contributed by atoms with Gasteiger partial charge in [0.15, 0.2) is 5.60 Å². The Hall–Kier alpha value is -1.82. The number of hydrogen-bond acceptors (Lipinski definition) is 3. The van der Waals surface area contributed by atoms with Gasteiger partial charge >= 0.3 is 0 Å². The Kier molecular flexibility index (Phi) is 2.19. The predicted octanol–water partition coefficient (Wildman–Crippen LogP) is 2.89. The lowest BCUT2D eigenvalue weighted by Crippen LogP contribution is -2.30. The Morgan fingerprint density at radius 3 is 3.06 bits per heavy atom. The van der Waals surface area contributed by atoms with Crippen LogP contribution < -0.4 is 0 Å². The molecular formula is C14H14N2O. The van der Waals surface area contributed by atoms with Crippen LogP contribution in [0.3, 0.4) is 0 Å². The molecule has 1 aliphatic heterocycles. The third kappa shape index (κ3) is 1.52. The predicted molar refractivity (Wildman–Crippen MR) is 64.6 cm³/mol. The normalized spacial score (nSPS) is 26.0. The van der Waals surface area contributed by atoms with Crippen LogP contribution in [0.2, 0.25) is 0 Å². The van der Waals surface area contributed by atoms with Crippen molar-refractivity contribution in [2.45, 2.75) is 38.2 Å². The van der Waals surface area contributed by atoms with Gasteiger partial charge in [-0.05, 0) is 43.9 Å². The SMILES string of the molecule is CC1=NOC2(CCCc3cc(C#N)ccc32)C1. The molecule has 0 aromatic heterocycles. The number of aryl methyl sites for hydroxylation is 1. The third-order valence-corrected chi connectivity index (χ3v) is 3.67. The van der Waals surface area contributed by atoms with Crippen molar-refractivity contribution in [1.82, 2.24) is 0 Å². The van der Waals surface area contributed by atoms with Gasteiger partial charge in [0.05, 0.1) is 17.3 Å². The Morgan fingerprint density at radius 2 is 2.35 bits per heavy atom. The molecule has 2 aliphatic rings. The van der Waals surface area contributed by atoms with E-state index in [-0.39, 0.29) is 5.60 Å². The molecule has 1 aromatic carbocycles. The van der Waals surface area contributed by atoms with Crippen LogP contribution in [0, 0.1) is 11.3 Å². The zero-order valence-corrected chi connectivity index (χ0v) is 9.86. The van der Waals surface area contributed by atoms with E-state index in [0.717, 1.165) is 37.0 Å². The van der Waals surface area contributed by atoms with E-state index < -0.39 is 0 Å². The van der Waals surface area contributed by atoms with Crippen LogP contribution in [0.5, 0.6) is 0 Å². The first kappa shape index (κ1) is 10.3. The fourth-order valence-corrected chi connectivity index (χ4v) is 2.94. The van der Waals surface area contributed by atoms with E-state index in [1.807, 2.05) is 25.1 Å². The molecule has 1 heterocycles. The first-order valence-electron chi connectivity index (χ1n) is 5.99. The highest BCUT2D eigenvalue weighted by Gasteiger charge is 2.42. The molecule has 0 fully saturated rings. The molecule has 1 unspecified atom stereocenters. The van der Waals surface area contributed by atoms with Crippen LogP contribution in [-0.2, 0) is 16.9 Å². The molecule has 3 rings (SSSR count). The third-order valence-electron chi connectivity index (χ3n) is 3.67. The van der Waals surface area contributed by atoms with Crippen molar-refractivity contribution in [2.75, 3.05) is 0 Å². The summed E-state index contributed by atoms with van der Waals surface area (Å²) in [6.45, 7) is 2.01. The minimum atomic E-state index is -0.244. The van der Waals surface area contributed by atoms with Gasteiger partial charge in [-0.3, -0.25) is 0 Å². The van der Waals surface area contributed by atoms with Gasteiger partial charge in [0.25, 0.3) is 0 Å². The van der Waals surface area contributed by atoms with Crippen molar-refractivity contribution < 1.29 is 4.84 Å². The summed E-state index contributed by atoms with van der Waals surface area (Å²) in [5, 5.41) is 13.0. The van der Waals surface area contributed by atoms with Gasteiger partial charge in [-0.15, -0.1) is 0 Å². The summed E-state index contributed by atoms with van der Waals surface area (Å²) >= 11 is 0. The summed E-state index contributed by atoms with van der Waals surface area (Å²) in [6.07, 6.45) is 4.04. The topological polar surface area (TPSA) is 45.4 Å². The highest BCUT2D eigenvalue weighted by Crippen LogP contribution is 2.44. The quantitative estimate of drug-likeness (QED) is 0.682. The number of hydrogen-bond donors (Lipinski definition) is 0. The van der Waals surface area contributed by atoms with Gasteiger partial charge in [0.1, 0.15) is 0 Å². The Labute approximate surface area is 101 Å². The Morgan fingerprint density at radius 1 is 1.47 bits per heavy atom. The molecule has 0 saturated carbocycles. The van der Waals surface area contributed by atoms with Crippen molar-refractivity contribution in [3.63, 3.8) is 0 Å². The lowest BCUT2D eigenvalue weighted by Gasteiger charge is -2.33. The van der Waals surface area contributed by atoms with Crippen LogP contribution in [0.4, 0.5) is 0 Å². The number of oxime groups is 1. The minimum absolute atomic E-state index is 0.244. The number of fused-ring (bicyclic) bond motifs is 2. The maximum Gasteiger partial charge on any atom is 0.168 e. The molecule has 0 saturated heterocycles. The average molecular weight is 226 g/mol. The van der Waals surface area contributed by atoms with Gasteiger partial charge in [-0.25, -0.2) is 0 Å². The average Bonchev–Trinajstić information content (AvgIpc) is 2.71. The van der Waals surface area contributed by atoms with E-state index in [2.05, 4.69) is 11.2 Å². The van der Waals surface area contributed by atoms with Crippen LogP contribution in [0.25, 0.3) is 0 Å². The number of nitriles is 1. The summed E-state index contributed by atoms with van der Waals surface area (Å²) in [5.74, 6) is 0. The highest BCUT2D eigenvalue weighted by atomic mass is 16.7. The van der Waals surface area contributed by atoms with Crippen LogP contribution in [0.15, 0.2) is 23.4 Å². The lowest BCUT2D eigenvalue weighted by atomic mass is 9.76. The van der Waals surface area contributed by atoms with Gasteiger partial charge < -0.3 is 4.84 Å². The largest absolute Gasteiger partial charge is 0.384 e. The number of nitrogens with zero attached hydrogens (tertiary/aromatic N) is 2. The minimum Gasteiger partial charge on any atom is -0.384 e. The molecule has 17 heavy (non-hydrogen) atoms. The number of benzene rings is 1. The zero-order chi connectivity index (χ0) is 11.9. The van der Waals surface area contributed by atoms with Crippen molar-refractivity contribution in [3.05, 3.63) is 34.9 Å². The van der Waals surface area contributed by atoms with Crippen molar-refractivity contribution in [3.8, 4) is 6.07 Å². The Bertz CT molecular complexity index is 542. The standard InChI is InChI=1S/C14H14N2O/c1-10-8-14(17-16-10)6-2-3-12-7-11(9-15)4-5-13(12)14/h4-5,7H,2-3,6,8H2,1H3. The molecule has 1 aliphatic carbocycles. The summed E-state index contributed by atoms with van der Waals surface area (Å²) in [5.41, 5.74) is 4.02. The lowest BCUT2D eigenvalue weighted by molar-refractivity contribution is -0.0362. The molecule has 0 amide bonds. The van der Waals surface area contributed by atoms with E-state index in [1.165, 1.54) is 11.1 Å². The zero-order valence-electron chi connectivity index (χ0n) is 9.86. The van der Waals surface area contributed by atoms with Gasteiger partial charge in [0.2, 0.25) is 0 Å². The van der Waals surface area contributed by atoms with E-state index >= 15 is 0 Å². The molecule has 3 heteroatoms. The molecule has 1 spiro atoms. The molecule has 0 N–H and O–H groups in total. The first-order chi connectivity index (χ1) is 8.23. The smallest absolute Gasteiger partial charge is 0.168 e. The van der Waals surface area contributed by atoms with Crippen LogP contribution in [0.1, 0.15) is 42.9 Å². The molecule has 0 bridgehead atoms. The van der Waals surface area contributed by atoms with E-state index in [1.54, 1.807) is 0 Å². The van der Waals surface area contributed by atoms with Gasteiger partial charge in [-0.1, -0.05) is 11.2 Å². The van der Waals surface area contributed by atoms with Crippen molar-refractivity contribution >= 4 is 5.71 Å². The monoisotopic (exact) mass is 226 g/mol. The van der Waals surface area contributed by atoms with Gasteiger partial charge in [0, 0.05) is 12.0 Å². The molecule has 3 nitrogen and oxygen atoms in total. The second-order valence-corrected chi connectivity index (χ2v) is 4.93. The first-order valence-corrected chi connectivity index (χ1v) is 5.99. The number of rotatable bonds is 0. The van der Waals surface area contributed by atoms with Crippen molar-refractivity contribution in [2.24, 2.45) is 5.16 Å². The summed E-state index contributed by atoms with van der Waals surface area (Å²) in [4.78, 5) is 5.70. The molecule has 1 aromatic rings. The van der Waals surface area contributed by atoms with E-state index in [4.69, 9.17) is 10.1 Å². The van der Waals surface area contributed by atoms with Gasteiger partial charge in [-0.2, -0.15) is 5.26 Å². The fraction of sp³-hybridized carbons (Fsp3) is 0.429. The van der Waals surface area contributed by atoms with E-state index in [9.17, 15) is 0 Å². The maximum atomic E-state index is 8.93. The summed E-state index contributed by atoms with van der Waals surface area (Å²) < 4.78 is 0. The molecular weight excluding hydrogens is 212 g/mol. The summed E-state index contributed by atoms with van der Waals surface area (Å²) in [6, 6.07) is 8.11. The maximum absolute atomic E-state index is 8.93. The fourth-order valence-electron chi connectivity index (χ4n) is 2.94. The molecule has 1 atom stereocenters. The molecule has 0 radical (unpaired) electrons. The molecule has 86 valence electrons. The van der Waals surface area contributed by atoms with Crippen LogP contribution in [-0.4, -0.2) is 5.71 Å². The summed E-state index contributed by atoms with van der Waals surface area (Å²) in [7, 11) is 0. The van der Waals surface area contributed by atoms with E-state index in [0.29, 0.717) is 0 Å². The second-order valence-electron chi connectivity index (χ2n) is 4.93. The second kappa shape index (κ2) is 3.59. The highest BCUT2D eigenvalue weighted by molar-refractivity contribution is 5.84. The Balaban J connectivity index is 2.07. The van der Waals surface area contributed by atoms with Crippen molar-refractivity contribution in [1.29, 1.82) is 5.26 Å². The van der Waals surface area contributed by atoms with Crippen LogP contribution >= 0.6 is 0 Å².